The van der Waals surface area contributed by atoms with Crippen molar-refractivity contribution in [3.63, 3.8) is 0 Å². The summed E-state index contributed by atoms with van der Waals surface area (Å²) in [5, 5.41) is 11.0. The summed E-state index contributed by atoms with van der Waals surface area (Å²) in [5.41, 5.74) is 1.54. The van der Waals surface area contributed by atoms with Crippen molar-refractivity contribution >= 4 is 63.8 Å². The van der Waals surface area contributed by atoms with Crippen LogP contribution in [0, 0.1) is 6.92 Å². The number of carbonyl (C=O) groups is 1. The van der Waals surface area contributed by atoms with Gasteiger partial charge in [-0.15, -0.1) is 0 Å². The first kappa shape index (κ1) is 23.2. The van der Waals surface area contributed by atoms with E-state index >= 15 is 0 Å². The topological polar surface area (TPSA) is 89.3 Å². The van der Waals surface area contributed by atoms with Gasteiger partial charge in [-0.25, -0.2) is 9.78 Å². The number of nitrogens with zero attached hydrogens (tertiary/aromatic N) is 2. The van der Waals surface area contributed by atoms with Gasteiger partial charge in [-0.05, 0) is 43.3 Å². The lowest BCUT2D eigenvalue weighted by molar-refractivity contribution is 0.262. The van der Waals surface area contributed by atoms with Gasteiger partial charge >= 0.3 is 6.03 Å². The second-order valence-corrected chi connectivity index (χ2v) is 8.36. The molecule has 0 radical (unpaired) electrons. The third-order valence-corrected chi connectivity index (χ3v) is 5.56. The van der Waals surface area contributed by atoms with Gasteiger partial charge < -0.3 is 19.9 Å². The molecule has 0 saturated heterocycles. The highest BCUT2D eigenvalue weighted by atomic mass is 35.5. The molecule has 0 aliphatic heterocycles. The zero-order chi connectivity index (χ0) is 23.5. The second-order valence-electron chi connectivity index (χ2n) is 6.70. The molecule has 0 saturated carbocycles. The molecular formula is C22H14Cl4N4O3. The predicted octanol–water partition coefficient (Wildman–Crippen LogP) is 8.09. The molecule has 2 N–H and O–H groups in total. The maximum atomic E-state index is 12.6. The lowest BCUT2D eigenvalue weighted by atomic mass is 10.1. The Morgan fingerprint density at radius 3 is 2.39 bits per heavy atom. The van der Waals surface area contributed by atoms with Crippen LogP contribution in [0.5, 0.6) is 11.6 Å². The first-order chi connectivity index (χ1) is 15.8. The standard InChI is InChI=1S/C22H14Cl4N4O3/c1-11-20(21(30-33-11)19-14(24)3-2-4-15(19)25)29-22(31)28-13-6-8-18(27-10-13)32-17-7-5-12(23)9-16(17)26/h2-10H,1H3,(H2,28,29,31). The number of rotatable bonds is 5. The highest BCUT2D eigenvalue weighted by molar-refractivity contribution is 6.39. The molecule has 2 amide bonds. The lowest BCUT2D eigenvalue weighted by Crippen LogP contribution is -2.20. The van der Waals surface area contributed by atoms with Gasteiger partial charge in [0.2, 0.25) is 5.88 Å². The van der Waals surface area contributed by atoms with Gasteiger partial charge in [0, 0.05) is 16.7 Å². The molecule has 2 aromatic heterocycles. The first-order valence-corrected chi connectivity index (χ1v) is 10.9. The summed E-state index contributed by atoms with van der Waals surface area (Å²) < 4.78 is 10.9. The van der Waals surface area contributed by atoms with Crippen LogP contribution < -0.4 is 15.4 Å². The number of nitrogens with one attached hydrogen (secondary N) is 2. The van der Waals surface area contributed by atoms with Gasteiger partial charge in [-0.3, -0.25) is 0 Å². The SMILES string of the molecule is Cc1onc(-c2c(Cl)cccc2Cl)c1NC(=O)Nc1ccc(Oc2ccc(Cl)cc2Cl)nc1. The number of aromatic nitrogens is 2. The molecule has 11 heteroatoms. The summed E-state index contributed by atoms with van der Waals surface area (Å²) in [6.45, 7) is 1.66. The highest BCUT2D eigenvalue weighted by Gasteiger charge is 2.21. The minimum atomic E-state index is -0.540. The van der Waals surface area contributed by atoms with Crippen molar-refractivity contribution in [3.8, 4) is 22.9 Å². The van der Waals surface area contributed by atoms with Crippen molar-refractivity contribution in [2.75, 3.05) is 10.6 Å². The highest BCUT2D eigenvalue weighted by Crippen LogP contribution is 2.39. The molecule has 0 bridgehead atoms. The van der Waals surface area contributed by atoms with E-state index in [1.54, 1.807) is 55.5 Å². The van der Waals surface area contributed by atoms with Gasteiger partial charge in [0.15, 0.2) is 5.76 Å². The summed E-state index contributed by atoms with van der Waals surface area (Å²) in [5.74, 6) is 1.08. The van der Waals surface area contributed by atoms with E-state index in [0.29, 0.717) is 54.2 Å². The van der Waals surface area contributed by atoms with Crippen LogP contribution in [0.25, 0.3) is 11.3 Å². The van der Waals surface area contributed by atoms with Crippen LogP contribution in [0.15, 0.2) is 59.3 Å². The molecule has 7 nitrogen and oxygen atoms in total. The fourth-order valence-corrected chi connectivity index (χ4v) is 3.90. The number of benzene rings is 2. The minimum absolute atomic E-state index is 0.288. The molecule has 168 valence electrons. The third kappa shape index (κ3) is 5.34. The largest absolute Gasteiger partial charge is 0.437 e. The van der Waals surface area contributed by atoms with Crippen molar-refractivity contribution in [1.29, 1.82) is 0 Å². The van der Waals surface area contributed by atoms with E-state index in [2.05, 4.69) is 20.8 Å². The van der Waals surface area contributed by atoms with E-state index in [1.807, 2.05) is 0 Å². The van der Waals surface area contributed by atoms with E-state index < -0.39 is 6.03 Å². The maximum Gasteiger partial charge on any atom is 0.323 e. The molecule has 0 aliphatic carbocycles. The Kier molecular flexibility index (Phi) is 6.95. The lowest BCUT2D eigenvalue weighted by Gasteiger charge is -2.10. The normalized spacial score (nSPS) is 10.7. The molecule has 0 fully saturated rings. The van der Waals surface area contributed by atoms with Gasteiger partial charge in [0.1, 0.15) is 17.1 Å². The van der Waals surface area contributed by atoms with Crippen LogP contribution in [-0.4, -0.2) is 16.2 Å². The molecule has 33 heavy (non-hydrogen) atoms. The molecule has 0 atom stereocenters. The van der Waals surface area contributed by atoms with E-state index in [9.17, 15) is 4.79 Å². The van der Waals surface area contributed by atoms with E-state index in [-0.39, 0.29) is 5.88 Å². The summed E-state index contributed by atoms with van der Waals surface area (Å²) in [4.78, 5) is 16.8. The molecule has 2 aromatic carbocycles. The van der Waals surface area contributed by atoms with Crippen LogP contribution >= 0.6 is 46.4 Å². The Morgan fingerprint density at radius 1 is 0.970 bits per heavy atom. The second kappa shape index (κ2) is 9.89. The van der Waals surface area contributed by atoms with Gasteiger partial charge in [-0.1, -0.05) is 57.6 Å². The average molecular weight is 524 g/mol. The number of anilines is 2. The number of pyridine rings is 1. The van der Waals surface area contributed by atoms with Gasteiger partial charge in [0.25, 0.3) is 0 Å². The fourth-order valence-electron chi connectivity index (χ4n) is 2.88. The molecule has 4 aromatic rings. The Labute approximate surface area is 208 Å². The fraction of sp³-hybridized carbons (Fsp3) is 0.0455. The van der Waals surface area contributed by atoms with Crippen LogP contribution in [0.4, 0.5) is 16.2 Å². The molecule has 4 rings (SSSR count). The van der Waals surface area contributed by atoms with Crippen molar-refractivity contribution in [2.24, 2.45) is 0 Å². The Balaban J connectivity index is 1.46. The smallest absolute Gasteiger partial charge is 0.323 e. The van der Waals surface area contributed by atoms with E-state index in [1.165, 1.54) is 6.20 Å². The number of aryl methyl sites for hydroxylation is 1. The van der Waals surface area contributed by atoms with Crippen molar-refractivity contribution in [2.45, 2.75) is 6.92 Å². The maximum absolute atomic E-state index is 12.6. The molecule has 0 unspecified atom stereocenters. The molecule has 2 heterocycles. The minimum Gasteiger partial charge on any atom is -0.437 e. The Bertz CT molecular complexity index is 1310. The van der Waals surface area contributed by atoms with Crippen LogP contribution in [0.1, 0.15) is 5.76 Å². The number of hydrogen-bond acceptors (Lipinski definition) is 5. The zero-order valence-corrected chi connectivity index (χ0v) is 19.9. The van der Waals surface area contributed by atoms with Crippen molar-refractivity contribution < 1.29 is 14.1 Å². The van der Waals surface area contributed by atoms with Crippen LogP contribution in [0.3, 0.4) is 0 Å². The van der Waals surface area contributed by atoms with E-state index in [0.717, 1.165) is 0 Å². The summed E-state index contributed by atoms with van der Waals surface area (Å²) >= 11 is 24.5. The first-order valence-electron chi connectivity index (χ1n) is 9.39. The van der Waals surface area contributed by atoms with Crippen LogP contribution in [-0.2, 0) is 0 Å². The number of halogens is 4. The number of hydrogen-bond donors (Lipinski definition) is 2. The number of urea groups is 1. The summed E-state index contributed by atoms with van der Waals surface area (Å²) in [6.07, 6.45) is 1.44. The number of ether oxygens (including phenoxy) is 1. The average Bonchev–Trinajstić information content (AvgIpc) is 3.11. The molecule has 0 aliphatic rings. The van der Waals surface area contributed by atoms with Crippen LogP contribution in [0.2, 0.25) is 20.1 Å². The van der Waals surface area contributed by atoms with Crippen molar-refractivity contribution in [3.05, 3.63) is 80.6 Å². The molecule has 0 spiro atoms. The van der Waals surface area contributed by atoms with E-state index in [4.69, 9.17) is 55.7 Å². The predicted molar refractivity (Wildman–Crippen MR) is 130 cm³/mol. The molecular weight excluding hydrogens is 510 g/mol. The quantitative estimate of drug-likeness (QED) is 0.276. The van der Waals surface area contributed by atoms with Gasteiger partial charge in [-0.2, -0.15) is 0 Å². The van der Waals surface area contributed by atoms with Crippen molar-refractivity contribution in [1.82, 2.24) is 10.1 Å². The number of amides is 2. The summed E-state index contributed by atoms with van der Waals surface area (Å²) in [6, 6.07) is 12.6. The van der Waals surface area contributed by atoms with Gasteiger partial charge in [0.05, 0.1) is 27.0 Å². The monoisotopic (exact) mass is 522 g/mol. The summed E-state index contributed by atoms with van der Waals surface area (Å²) in [7, 11) is 0. The number of carbonyl (C=O) groups excluding carboxylic acids is 1. The zero-order valence-electron chi connectivity index (χ0n) is 16.8. The Hall–Kier alpha value is -2.97. The Morgan fingerprint density at radius 2 is 1.73 bits per heavy atom. The third-order valence-electron chi connectivity index (χ3n) is 4.40.